The van der Waals surface area contributed by atoms with Crippen LogP contribution in [0, 0.1) is 0 Å². The van der Waals surface area contributed by atoms with Crippen molar-refractivity contribution in [3.8, 4) is 0 Å². The number of rotatable bonds is 4. The number of benzene rings is 1. The summed E-state index contributed by atoms with van der Waals surface area (Å²) in [5, 5.41) is 1.07. The van der Waals surface area contributed by atoms with Crippen molar-refractivity contribution in [2.75, 3.05) is 31.4 Å². The summed E-state index contributed by atoms with van der Waals surface area (Å²) in [5.41, 5.74) is 8.75. The van der Waals surface area contributed by atoms with Crippen LogP contribution in [0.4, 0.5) is 11.4 Å². The van der Waals surface area contributed by atoms with Gasteiger partial charge < -0.3 is 15.4 Å². The van der Waals surface area contributed by atoms with E-state index in [-0.39, 0.29) is 6.04 Å². The predicted octanol–water partition coefficient (Wildman–Crippen LogP) is 2.29. The van der Waals surface area contributed by atoms with Gasteiger partial charge in [-0.2, -0.15) is 0 Å². The Hall–Kier alpha value is -1.81. The first kappa shape index (κ1) is 12.6. The Morgan fingerprint density at radius 1 is 1.39 bits per heavy atom. The van der Waals surface area contributed by atoms with Gasteiger partial charge in [0.15, 0.2) is 0 Å². The lowest BCUT2D eigenvalue weighted by Gasteiger charge is -2.28. The minimum absolute atomic E-state index is 0.253. The van der Waals surface area contributed by atoms with Gasteiger partial charge in [0.05, 0.1) is 29.7 Å². The Kier molecular flexibility index (Phi) is 3.67. The molecule has 2 N–H and O–H groups in total. The Bertz CT molecular complexity index is 542. The number of hydrogen-bond acceptors (Lipinski definition) is 4. The molecule has 0 fully saturated rings. The Labute approximate surface area is 107 Å². The molecule has 0 aliphatic rings. The van der Waals surface area contributed by atoms with E-state index in [0.717, 1.165) is 16.6 Å². The first-order chi connectivity index (χ1) is 8.65. The fraction of sp³-hybridized carbons (Fsp3) is 0.357. The number of pyridine rings is 1. The van der Waals surface area contributed by atoms with Crippen LogP contribution in [-0.2, 0) is 4.74 Å². The minimum Gasteiger partial charge on any atom is -0.396 e. The Morgan fingerprint density at radius 3 is 2.83 bits per heavy atom. The molecule has 2 rings (SSSR count). The quantitative estimate of drug-likeness (QED) is 0.898. The molecule has 1 aromatic heterocycles. The predicted molar refractivity (Wildman–Crippen MR) is 75.9 cm³/mol. The second-order valence-corrected chi connectivity index (χ2v) is 4.49. The number of fused-ring (bicyclic) bond motifs is 1. The van der Waals surface area contributed by atoms with Gasteiger partial charge in [0.25, 0.3) is 0 Å². The number of methoxy groups -OCH3 is 1. The van der Waals surface area contributed by atoms with E-state index in [4.69, 9.17) is 10.5 Å². The van der Waals surface area contributed by atoms with Crippen molar-refractivity contribution in [3.05, 3.63) is 30.5 Å². The highest BCUT2D eigenvalue weighted by atomic mass is 16.5. The van der Waals surface area contributed by atoms with E-state index < -0.39 is 0 Å². The Balaban J connectivity index is 2.51. The maximum atomic E-state index is 6.08. The molecule has 0 saturated heterocycles. The SMILES string of the molecule is COCC(C)N(C)c1c(N)cnc2ccccc12. The summed E-state index contributed by atoms with van der Waals surface area (Å²) in [5.74, 6) is 0. The van der Waals surface area contributed by atoms with E-state index in [1.807, 2.05) is 31.3 Å². The lowest BCUT2D eigenvalue weighted by Crippen LogP contribution is -2.33. The van der Waals surface area contributed by atoms with Crippen molar-refractivity contribution in [1.82, 2.24) is 4.98 Å². The van der Waals surface area contributed by atoms with Crippen molar-refractivity contribution >= 4 is 22.3 Å². The average Bonchev–Trinajstić information content (AvgIpc) is 2.38. The summed E-state index contributed by atoms with van der Waals surface area (Å²) in [4.78, 5) is 6.49. The zero-order valence-corrected chi connectivity index (χ0v) is 11.1. The molecule has 96 valence electrons. The lowest BCUT2D eigenvalue weighted by atomic mass is 10.1. The molecular weight excluding hydrogens is 226 g/mol. The van der Waals surface area contributed by atoms with Crippen LogP contribution in [0.3, 0.4) is 0 Å². The third-order valence-corrected chi connectivity index (χ3v) is 3.20. The van der Waals surface area contributed by atoms with E-state index in [0.29, 0.717) is 12.3 Å². The summed E-state index contributed by atoms with van der Waals surface area (Å²) in [6.07, 6.45) is 1.72. The zero-order valence-electron chi connectivity index (χ0n) is 11.1. The van der Waals surface area contributed by atoms with Gasteiger partial charge in [-0.1, -0.05) is 18.2 Å². The number of para-hydroxylation sites is 1. The number of aromatic nitrogens is 1. The van der Waals surface area contributed by atoms with Crippen LogP contribution >= 0.6 is 0 Å². The van der Waals surface area contributed by atoms with E-state index in [2.05, 4.69) is 16.8 Å². The lowest BCUT2D eigenvalue weighted by molar-refractivity contribution is 0.183. The molecule has 0 bridgehead atoms. The highest BCUT2D eigenvalue weighted by Gasteiger charge is 2.15. The van der Waals surface area contributed by atoms with Crippen LogP contribution < -0.4 is 10.6 Å². The van der Waals surface area contributed by atoms with Crippen LogP contribution in [0.2, 0.25) is 0 Å². The normalized spacial score (nSPS) is 12.6. The molecule has 0 amide bonds. The molecule has 18 heavy (non-hydrogen) atoms. The molecule has 0 spiro atoms. The highest BCUT2D eigenvalue weighted by Crippen LogP contribution is 2.31. The maximum Gasteiger partial charge on any atom is 0.0745 e. The molecule has 4 heteroatoms. The fourth-order valence-electron chi connectivity index (χ4n) is 2.11. The largest absolute Gasteiger partial charge is 0.396 e. The average molecular weight is 245 g/mol. The second kappa shape index (κ2) is 5.23. The minimum atomic E-state index is 0.253. The molecular formula is C14H19N3O. The van der Waals surface area contributed by atoms with Gasteiger partial charge in [0.1, 0.15) is 0 Å². The van der Waals surface area contributed by atoms with E-state index in [9.17, 15) is 0 Å². The molecule has 1 unspecified atom stereocenters. The van der Waals surface area contributed by atoms with Crippen molar-refractivity contribution in [3.63, 3.8) is 0 Å². The van der Waals surface area contributed by atoms with Crippen molar-refractivity contribution in [2.45, 2.75) is 13.0 Å². The van der Waals surface area contributed by atoms with Gasteiger partial charge in [-0.25, -0.2) is 0 Å². The fourth-order valence-corrected chi connectivity index (χ4v) is 2.11. The molecule has 0 saturated carbocycles. The third kappa shape index (κ3) is 2.24. The molecule has 0 aliphatic carbocycles. The molecule has 4 nitrogen and oxygen atoms in total. The van der Waals surface area contributed by atoms with Crippen molar-refractivity contribution in [2.24, 2.45) is 0 Å². The topological polar surface area (TPSA) is 51.4 Å². The first-order valence-corrected chi connectivity index (χ1v) is 6.00. The highest BCUT2D eigenvalue weighted by molar-refractivity contribution is 5.97. The number of likely N-dealkylation sites (N-methyl/N-ethyl adjacent to an activating group) is 1. The van der Waals surface area contributed by atoms with E-state index in [1.165, 1.54) is 0 Å². The molecule has 0 radical (unpaired) electrons. The summed E-state index contributed by atoms with van der Waals surface area (Å²) < 4.78 is 5.20. The monoisotopic (exact) mass is 245 g/mol. The zero-order chi connectivity index (χ0) is 13.1. The van der Waals surface area contributed by atoms with Crippen LogP contribution in [0.5, 0.6) is 0 Å². The maximum absolute atomic E-state index is 6.08. The molecule has 2 aromatic rings. The standard InChI is InChI=1S/C14H19N3O/c1-10(9-18-3)17(2)14-11-6-4-5-7-13(11)16-8-12(14)15/h4-8,10H,9,15H2,1-3H3. The van der Waals surface area contributed by atoms with Gasteiger partial charge in [-0.05, 0) is 13.0 Å². The Morgan fingerprint density at radius 2 is 2.11 bits per heavy atom. The second-order valence-electron chi connectivity index (χ2n) is 4.49. The molecule has 1 aromatic carbocycles. The van der Waals surface area contributed by atoms with Crippen LogP contribution in [0.15, 0.2) is 30.5 Å². The number of ether oxygens (including phenoxy) is 1. The third-order valence-electron chi connectivity index (χ3n) is 3.20. The summed E-state index contributed by atoms with van der Waals surface area (Å²) in [7, 11) is 3.74. The number of hydrogen-bond donors (Lipinski definition) is 1. The number of nitrogen functional groups attached to an aromatic ring is 1. The number of nitrogens with zero attached hydrogens (tertiary/aromatic N) is 2. The van der Waals surface area contributed by atoms with Crippen molar-refractivity contribution in [1.29, 1.82) is 0 Å². The molecule has 1 heterocycles. The van der Waals surface area contributed by atoms with Crippen molar-refractivity contribution < 1.29 is 4.74 Å². The van der Waals surface area contributed by atoms with Crippen LogP contribution in [0.1, 0.15) is 6.92 Å². The number of nitrogens with two attached hydrogens (primary N) is 1. The van der Waals surface area contributed by atoms with Gasteiger partial charge in [0, 0.05) is 25.6 Å². The summed E-state index contributed by atoms with van der Waals surface area (Å²) >= 11 is 0. The van der Waals surface area contributed by atoms with Gasteiger partial charge in [-0.15, -0.1) is 0 Å². The van der Waals surface area contributed by atoms with Crippen LogP contribution in [-0.4, -0.2) is 31.8 Å². The summed E-state index contributed by atoms with van der Waals surface area (Å²) in [6.45, 7) is 2.77. The molecule has 0 aliphatic heterocycles. The van der Waals surface area contributed by atoms with E-state index in [1.54, 1.807) is 13.3 Å². The van der Waals surface area contributed by atoms with Crippen LogP contribution in [0.25, 0.3) is 10.9 Å². The van der Waals surface area contributed by atoms with E-state index >= 15 is 0 Å². The summed E-state index contributed by atoms with van der Waals surface area (Å²) in [6, 6.07) is 8.27. The first-order valence-electron chi connectivity index (χ1n) is 6.00. The van der Waals surface area contributed by atoms with Gasteiger partial charge in [-0.3, -0.25) is 4.98 Å². The van der Waals surface area contributed by atoms with Gasteiger partial charge >= 0.3 is 0 Å². The van der Waals surface area contributed by atoms with Gasteiger partial charge in [0.2, 0.25) is 0 Å². The molecule has 1 atom stereocenters. The number of anilines is 2. The smallest absolute Gasteiger partial charge is 0.0745 e.